The van der Waals surface area contributed by atoms with E-state index in [0.29, 0.717) is 19.8 Å². The maximum absolute atomic E-state index is 8.33. The monoisotopic (exact) mass is 691 g/mol. The van der Waals surface area contributed by atoms with Crippen LogP contribution in [-0.4, -0.2) is 77.7 Å². The second-order valence-corrected chi connectivity index (χ2v) is 0. The van der Waals surface area contributed by atoms with Gasteiger partial charge >= 0.3 is 23.2 Å². The summed E-state index contributed by atoms with van der Waals surface area (Å²) in [6, 6.07) is 0. The molecule has 0 atom stereocenters. The molecule has 0 aliphatic rings. The molecular formula is CuFeMoNaOSbTeW. The van der Waals surface area contributed by atoms with Gasteiger partial charge in [0, 0.05) is 133 Å². The minimum Gasteiger partial charge on any atom is 0 e. The van der Waals surface area contributed by atoms with E-state index in [4.69, 9.17) is 3.40 Å². The average molecular weight is 688 g/mol. The Bertz CT molecular complexity index is 24.0. The van der Waals surface area contributed by atoms with Crippen LogP contribution in [0.1, 0.15) is 0 Å². The maximum atomic E-state index is 8.33. The van der Waals surface area contributed by atoms with E-state index in [2.05, 4.69) is 0 Å². The van der Waals surface area contributed by atoms with Crippen LogP contribution < -0.4 is 0 Å². The van der Waals surface area contributed by atoms with Crippen molar-refractivity contribution in [3.8, 4) is 0 Å². The molecule has 0 aliphatic carbocycles. The topological polar surface area (TPSA) is 17.1 Å². The summed E-state index contributed by atoms with van der Waals surface area (Å²) in [5.41, 5.74) is 0. The summed E-state index contributed by atoms with van der Waals surface area (Å²) in [4.78, 5) is 0. The second kappa shape index (κ2) is 59.5. The molecular weight excluding hydrogens is 688 g/mol. The van der Waals surface area contributed by atoms with E-state index in [-0.39, 0.29) is 133 Å². The summed E-state index contributed by atoms with van der Waals surface area (Å²) in [5, 5.41) is 0. The first kappa shape index (κ1) is 52.9. The van der Waals surface area contributed by atoms with E-state index in [1.165, 1.54) is 0 Å². The van der Waals surface area contributed by atoms with Crippen molar-refractivity contribution in [2.75, 3.05) is 0 Å². The van der Waals surface area contributed by atoms with Crippen molar-refractivity contribution in [2.45, 2.75) is 0 Å². The summed E-state index contributed by atoms with van der Waals surface area (Å²) >= 11 is 0.333. The molecule has 0 N–H and O–H groups in total. The van der Waals surface area contributed by atoms with Gasteiger partial charge in [0.1, 0.15) is 0 Å². The zero-order valence-electron chi connectivity index (χ0n) is 3.74. The Morgan fingerprint density at radius 1 is 1.12 bits per heavy atom. The van der Waals surface area contributed by atoms with Crippen molar-refractivity contribution in [3.63, 3.8) is 0 Å². The zero-order chi connectivity index (χ0) is 2.00. The van der Waals surface area contributed by atoms with E-state index in [0.717, 1.165) is 0 Å². The third-order valence-corrected chi connectivity index (χ3v) is 0. The van der Waals surface area contributed by atoms with Gasteiger partial charge in [0.25, 0.3) is 0 Å². The number of rotatable bonds is 0. The molecule has 1 nitrogen and oxygen atoms in total. The largest absolute Gasteiger partial charge is 0 e. The molecule has 0 aromatic rings. The Morgan fingerprint density at radius 3 is 1.12 bits per heavy atom. The van der Waals surface area contributed by atoms with Gasteiger partial charge in [0.15, 0.2) is 0 Å². The van der Waals surface area contributed by atoms with Crippen LogP contribution in [0.15, 0.2) is 0 Å². The standard InChI is InChI=1S/Cu.Fe.Mo.Na.O.Sb.Te.W. The summed E-state index contributed by atoms with van der Waals surface area (Å²) in [6.45, 7) is 0. The van der Waals surface area contributed by atoms with E-state index >= 15 is 0 Å². The fourth-order valence-electron chi connectivity index (χ4n) is 0. The van der Waals surface area contributed by atoms with Crippen molar-refractivity contribution in [1.82, 2.24) is 0 Å². The van der Waals surface area contributed by atoms with Gasteiger partial charge < -0.3 is 0 Å². The smallest absolute Gasteiger partial charge is 0 e. The van der Waals surface area contributed by atoms with Crippen LogP contribution in [-0.2, 0) is 78.4 Å². The first-order valence-corrected chi connectivity index (χ1v) is 1.36. The van der Waals surface area contributed by atoms with Gasteiger partial charge in [0.2, 0.25) is 0 Å². The summed E-state index contributed by atoms with van der Waals surface area (Å²) in [6.07, 6.45) is 0. The van der Waals surface area contributed by atoms with Crippen LogP contribution in [0.25, 0.3) is 0 Å². The van der Waals surface area contributed by atoms with Gasteiger partial charge in [-0.3, -0.25) is 0 Å². The van der Waals surface area contributed by atoms with Crippen LogP contribution in [0.2, 0.25) is 0 Å². The third kappa shape index (κ3) is 44.9. The zero-order valence-corrected chi connectivity index (χ0v) is 17.6. The molecule has 0 fully saturated rings. The molecule has 0 saturated carbocycles. The number of hydrogen-bond acceptors (Lipinski definition) is 1. The van der Waals surface area contributed by atoms with Crippen molar-refractivity contribution >= 4 is 77.7 Å². The van der Waals surface area contributed by atoms with E-state index in [1.54, 1.807) is 0 Å². The summed E-state index contributed by atoms with van der Waals surface area (Å²) in [7, 11) is 0. The van der Waals surface area contributed by atoms with E-state index < -0.39 is 0 Å². The Morgan fingerprint density at radius 2 is 1.12 bits per heavy atom. The molecule has 0 spiro atoms. The molecule has 49 valence electrons. The van der Waals surface area contributed by atoms with E-state index in [1.807, 2.05) is 0 Å². The van der Waals surface area contributed by atoms with Gasteiger partial charge in [-0.1, -0.05) is 0 Å². The minimum atomic E-state index is 0. The fraction of sp³-hybridized carbons (Fsp3) is 0. The molecule has 0 aromatic carbocycles. The molecule has 0 bridgehead atoms. The molecule has 0 saturated heterocycles. The molecule has 0 amide bonds. The van der Waals surface area contributed by atoms with Crippen LogP contribution in [0.5, 0.6) is 0 Å². The quantitative estimate of drug-likeness (QED) is 0.291. The molecule has 0 rings (SSSR count). The second-order valence-electron chi connectivity index (χ2n) is 0. The Labute approximate surface area is 152 Å². The first-order valence-electron chi connectivity index (χ1n) is 0.167. The van der Waals surface area contributed by atoms with Crippen molar-refractivity contribution < 1.29 is 78.4 Å². The van der Waals surface area contributed by atoms with Crippen molar-refractivity contribution in [3.05, 3.63) is 0 Å². The molecule has 8 heteroatoms. The maximum Gasteiger partial charge on any atom is 0 e. The van der Waals surface area contributed by atoms with Gasteiger partial charge in [-0.25, -0.2) is 0 Å². The fourth-order valence-corrected chi connectivity index (χ4v) is 0. The van der Waals surface area contributed by atoms with Gasteiger partial charge in [-0.15, -0.1) is 0 Å². The summed E-state index contributed by atoms with van der Waals surface area (Å²) < 4.78 is 8.33. The number of hydrogen-bond donors (Lipinski definition) is 0. The van der Waals surface area contributed by atoms with Crippen LogP contribution >= 0.6 is 0 Å². The van der Waals surface area contributed by atoms with Crippen molar-refractivity contribution in [2.24, 2.45) is 0 Å². The van der Waals surface area contributed by atoms with Crippen LogP contribution in [0, 0.1) is 0 Å². The molecule has 8 heavy (non-hydrogen) atoms. The minimum absolute atomic E-state index is 0. The third-order valence-electron chi connectivity index (χ3n) is 0. The Hall–Kier alpha value is 4.82. The Balaban J connectivity index is -0.000000000333. The average Bonchev–Trinajstić information content (AvgIpc) is 1.00. The van der Waals surface area contributed by atoms with Gasteiger partial charge in [0.05, 0.1) is 0 Å². The summed E-state index contributed by atoms with van der Waals surface area (Å²) in [5.74, 6) is 0. The van der Waals surface area contributed by atoms with Crippen LogP contribution in [0.4, 0.5) is 0 Å². The van der Waals surface area contributed by atoms with Crippen molar-refractivity contribution in [1.29, 1.82) is 0 Å². The first-order chi connectivity index (χ1) is 1.00. The molecule has 0 aromatic heterocycles. The normalized spacial score (nSPS) is 0.500. The molecule has 0 heterocycles. The SMILES string of the molecule is [Cu].[Fe].[Mo].[Na].[O]=[W].[Sb].[Te]. The van der Waals surface area contributed by atoms with Gasteiger partial charge in [-0.2, -0.15) is 0 Å². The molecule has 0 aliphatic heterocycles. The van der Waals surface area contributed by atoms with Crippen LogP contribution in [0.3, 0.4) is 0 Å². The van der Waals surface area contributed by atoms with Gasteiger partial charge in [-0.05, 0) is 0 Å². The molecule has 7 radical (unpaired) electrons. The Kier molecular flexibility index (Phi) is 393. The predicted octanol–water partition coefficient (Wildman–Crippen LogP) is -1.27. The molecule has 0 unspecified atom stereocenters. The predicted molar refractivity (Wildman–Crippen MR) is 17.9 cm³/mol. The van der Waals surface area contributed by atoms with E-state index in [9.17, 15) is 0 Å².